The van der Waals surface area contributed by atoms with E-state index in [0.717, 1.165) is 28.4 Å². The maximum absolute atomic E-state index is 12.5. The molecule has 2 N–H and O–H groups in total. The molecule has 3 rings (SSSR count). The zero-order chi connectivity index (χ0) is 19.9. The molecular weight excluding hydrogens is 346 g/mol. The van der Waals surface area contributed by atoms with Crippen LogP contribution in [0.2, 0.25) is 0 Å². The summed E-state index contributed by atoms with van der Waals surface area (Å²) in [5, 5.41) is 17.5. The third kappa shape index (κ3) is 4.39. The quantitative estimate of drug-likeness (QED) is 0.469. The van der Waals surface area contributed by atoms with Crippen LogP contribution in [0, 0.1) is 11.3 Å². The third-order valence-corrected chi connectivity index (χ3v) is 4.76. The second kappa shape index (κ2) is 8.88. The Morgan fingerprint density at radius 1 is 1.07 bits per heavy atom. The number of hydrogen-bond donors (Lipinski definition) is 2. The lowest BCUT2D eigenvalue weighted by Crippen LogP contribution is -2.28. The van der Waals surface area contributed by atoms with Gasteiger partial charge in [0.1, 0.15) is 11.6 Å². The zero-order valence-electron chi connectivity index (χ0n) is 16.1. The molecule has 0 aliphatic heterocycles. The molecular formula is C24H23N3O. The number of carbonyl (C=O) groups is 1. The molecule has 3 aromatic rings. The topological polar surface area (TPSA) is 64.9 Å². The number of nitrogens with one attached hydrogen (secondary N) is 2. The number of nitriles is 1. The van der Waals surface area contributed by atoms with Gasteiger partial charge in [0.25, 0.3) is 5.91 Å². The number of anilines is 1. The highest BCUT2D eigenvalue weighted by molar-refractivity contribution is 5.99. The van der Waals surface area contributed by atoms with Crippen LogP contribution >= 0.6 is 0 Å². The van der Waals surface area contributed by atoms with Gasteiger partial charge in [0, 0.05) is 17.3 Å². The van der Waals surface area contributed by atoms with E-state index < -0.39 is 5.91 Å². The molecule has 0 bridgehead atoms. The number of amides is 1. The van der Waals surface area contributed by atoms with Gasteiger partial charge in [-0.25, -0.2) is 0 Å². The van der Waals surface area contributed by atoms with Crippen LogP contribution in [0.4, 0.5) is 5.69 Å². The van der Waals surface area contributed by atoms with E-state index in [1.165, 1.54) is 11.8 Å². The van der Waals surface area contributed by atoms with Crippen LogP contribution in [0.3, 0.4) is 0 Å². The first-order valence-corrected chi connectivity index (χ1v) is 9.36. The summed E-state index contributed by atoms with van der Waals surface area (Å²) in [5.74, 6) is -0.401. The van der Waals surface area contributed by atoms with Crippen LogP contribution in [-0.2, 0) is 11.2 Å². The third-order valence-electron chi connectivity index (χ3n) is 4.76. The lowest BCUT2D eigenvalue weighted by Gasteiger charge is -2.14. The fourth-order valence-corrected chi connectivity index (χ4v) is 3.05. The Balaban J connectivity index is 1.72. The molecule has 28 heavy (non-hydrogen) atoms. The summed E-state index contributed by atoms with van der Waals surface area (Å²) in [6, 6.07) is 23.8. The fourth-order valence-electron chi connectivity index (χ4n) is 3.05. The number of nitrogens with zero attached hydrogens (tertiary/aromatic N) is 1. The molecule has 0 aliphatic carbocycles. The first-order chi connectivity index (χ1) is 13.6. The van der Waals surface area contributed by atoms with Gasteiger partial charge < -0.3 is 10.6 Å². The Kier molecular flexibility index (Phi) is 6.08. The lowest BCUT2D eigenvalue weighted by molar-refractivity contribution is -0.117. The number of hydrogen-bond acceptors (Lipinski definition) is 3. The van der Waals surface area contributed by atoms with Crippen LogP contribution in [0.5, 0.6) is 0 Å². The Morgan fingerprint density at radius 2 is 1.79 bits per heavy atom. The van der Waals surface area contributed by atoms with Crippen molar-refractivity contribution in [2.45, 2.75) is 26.3 Å². The Morgan fingerprint density at radius 3 is 2.50 bits per heavy atom. The predicted octanol–water partition coefficient (Wildman–Crippen LogP) is 5.10. The fraction of sp³-hybridized carbons (Fsp3) is 0.167. The van der Waals surface area contributed by atoms with Gasteiger partial charge in [-0.3, -0.25) is 4.79 Å². The molecule has 0 aliphatic rings. The standard InChI is InChI=1S/C24H23N3O/c1-3-18-11-13-19(14-12-18)17(2)27-24(28)21(15-25)16-26-23-10-6-8-20-7-4-5-9-22(20)23/h4-14,16-17,26H,3H2,1-2H3,(H,27,28)/b21-16-. The molecule has 0 fully saturated rings. The Labute approximate surface area is 165 Å². The first-order valence-electron chi connectivity index (χ1n) is 9.36. The van der Waals surface area contributed by atoms with E-state index >= 15 is 0 Å². The number of aryl methyl sites for hydroxylation is 1. The molecule has 4 heteroatoms. The van der Waals surface area contributed by atoms with Crippen molar-refractivity contribution in [3.05, 3.63) is 89.6 Å². The molecule has 140 valence electrons. The highest BCUT2D eigenvalue weighted by Gasteiger charge is 2.14. The first kappa shape index (κ1) is 19.2. The second-order valence-electron chi connectivity index (χ2n) is 6.63. The molecule has 0 radical (unpaired) electrons. The van der Waals surface area contributed by atoms with E-state index in [-0.39, 0.29) is 11.6 Å². The normalized spacial score (nSPS) is 12.2. The molecule has 0 heterocycles. The van der Waals surface area contributed by atoms with Gasteiger partial charge in [-0.15, -0.1) is 0 Å². The maximum Gasteiger partial charge on any atom is 0.263 e. The highest BCUT2D eigenvalue weighted by Crippen LogP contribution is 2.23. The van der Waals surface area contributed by atoms with Crippen LogP contribution < -0.4 is 10.6 Å². The van der Waals surface area contributed by atoms with Crippen LogP contribution in [-0.4, -0.2) is 5.91 Å². The van der Waals surface area contributed by atoms with Gasteiger partial charge in [-0.1, -0.05) is 67.6 Å². The minimum absolute atomic E-state index is 0.0324. The van der Waals surface area contributed by atoms with E-state index in [9.17, 15) is 10.1 Å². The van der Waals surface area contributed by atoms with Crippen molar-refractivity contribution in [2.75, 3.05) is 5.32 Å². The smallest absolute Gasteiger partial charge is 0.263 e. The molecule has 0 saturated carbocycles. The Bertz CT molecular complexity index is 1040. The van der Waals surface area contributed by atoms with Crippen molar-refractivity contribution < 1.29 is 4.79 Å². The molecule has 1 atom stereocenters. The van der Waals surface area contributed by atoms with Gasteiger partial charge in [0.2, 0.25) is 0 Å². The average molecular weight is 369 g/mol. The summed E-state index contributed by atoms with van der Waals surface area (Å²) >= 11 is 0. The minimum Gasteiger partial charge on any atom is -0.360 e. The second-order valence-corrected chi connectivity index (χ2v) is 6.63. The van der Waals surface area contributed by atoms with Crippen molar-refractivity contribution in [1.82, 2.24) is 5.32 Å². The largest absolute Gasteiger partial charge is 0.360 e. The summed E-state index contributed by atoms with van der Waals surface area (Å²) < 4.78 is 0. The SMILES string of the molecule is CCc1ccc(C(C)NC(=O)/C(C#N)=C\Nc2cccc3ccccc23)cc1. The van der Waals surface area contributed by atoms with Crippen molar-refractivity contribution in [3.63, 3.8) is 0 Å². The molecule has 1 amide bonds. The summed E-state index contributed by atoms with van der Waals surface area (Å²) in [6.45, 7) is 4.01. The van der Waals surface area contributed by atoms with Crippen molar-refractivity contribution in [1.29, 1.82) is 5.26 Å². The number of benzene rings is 3. The van der Waals surface area contributed by atoms with Crippen LogP contribution in [0.1, 0.15) is 31.0 Å². The zero-order valence-corrected chi connectivity index (χ0v) is 16.1. The van der Waals surface area contributed by atoms with Gasteiger partial charge >= 0.3 is 0 Å². The van der Waals surface area contributed by atoms with Crippen molar-refractivity contribution >= 4 is 22.4 Å². The molecule has 1 unspecified atom stereocenters. The summed E-state index contributed by atoms with van der Waals surface area (Å²) in [5.41, 5.74) is 3.14. The van der Waals surface area contributed by atoms with Gasteiger partial charge in [-0.2, -0.15) is 5.26 Å². The highest BCUT2D eigenvalue weighted by atomic mass is 16.1. The number of fused-ring (bicyclic) bond motifs is 1. The minimum atomic E-state index is -0.401. The molecule has 0 saturated heterocycles. The van der Waals surface area contributed by atoms with Crippen LogP contribution in [0.15, 0.2) is 78.5 Å². The molecule has 3 aromatic carbocycles. The Hall–Kier alpha value is -3.58. The van der Waals surface area contributed by atoms with Crippen molar-refractivity contribution in [3.8, 4) is 6.07 Å². The monoisotopic (exact) mass is 369 g/mol. The van der Waals surface area contributed by atoms with Gasteiger partial charge in [0.05, 0.1) is 6.04 Å². The van der Waals surface area contributed by atoms with E-state index in [2.05, 4.69) is 29.7 Å². The number of rotatable bonds is 6. The lowest BCUT2D eigenvalue weighted by atomic mass is 10.0. The maximum atomic E-state index is 12.5. The predicted molar refractivity (Wildman–Crippen MR) is 114 cm³/mol. The van der Waals surface area contributed by atoms with E-state index in [4.69, 9.17) is 0 Å². The molecule has 0 spiro atoms. The molecule has 0 aromatic heterocycles. The van der Waals surface area contributed by atoms with Crippen molar-refractivity contribution in [2.24, 2.45) is 0 Å². The summed E-state index contributed by atoms with van der Waals surface area (Å²) in [7, 11) is 0. The van der Waals surface area contributed by atoms with Gasteiger partial charge in [-0.05, 0) is 35.9 Å². The van der Waals surface area contributed by atoms with E-state index in [1.807, 2.05) is 67.6 Å². The van der Waals surface area contributed by atoms with Gasteiger partial charge in [0.15, 0.2) is 0 Å². The summed E-state index contributed by atoms with van der Waals surface area (Å²) in [6.07, 6.45) is 2.44. The van der Waals surface area contributed by atoms with E-state index in [0.29, 0.717) is 0 Å². The molecule has 4 nitrogen and oxygen atoms in total. The average Bonchev–Trinajstić information content (AvgIpc) is 2.74. The van der Waals surface area contributed by atoms with E-state index in [1.54, 1.807) is 0 Å². The van der Waals surface area contributed by atoms with Crippen LogP contribution in [0.25, 0.3) is 10.8 Å². The number of carbonyl (C=O) groups excluding carboxylic acids is 1. The summed E-state index contributed by atoms with van der Waals surface area (Å²) in [4.78, 5) is 12.5.